The summed E-state index contributed by atoms with van der Waals surface area (Å²) in [5.74, 6) is 5.08. The van der Waals surface area contributed by atoms with Gasteiger partial charge >= 0.3 is 0 Å². The van der Waals surface area contributed by atoms with Crippen molar-refractivity contribution in [1.29, 1.82) is 0 Å². The fraction of sp³-hybridized carbons (Fsp3) is 0.750. The third-order valence-corrected chi connectivity index (χ3v) is 0.755. The van der Waals surface area contributed by atoms with Gasteiger partial charge in [-0.3, -0.25) is 9.80 Å². The lowest BCUT2D eigenvalue weighted by atomic mass is 10.6. The van der Waals surface area contributed by atoms with Gasteiger partial charge in [0, 0.05) is 13.1 Å². The van der Waals surface area contributed by atoms with Gasteiger partial charge in [0.2, 0.25) is 6.41 Å². The van der Waals surface area contributed by atoms with E-state index in [-0.39, 0.29) is 0 Å². The quantitative estimate of drug-likeness (QED) is 0.205. The van der Waals surface area contributed by atoms with Gasteiger partial charge in [-0.05, 0) is 7.05 Å². The molecule has 0 aliphatic rings. The SMILES string of the molecule is CNCCN(N)C=O. The molecule has 4 heteroatoms. The van der Waals surface area contributed by atoms with Crippen LogP contribution in [0.25, 0.3) is 0 Å². The predicted octanol–water partition coefficient (Wildman–Crippen LogP) is -1.46. The van der Waals surface area contributed by atoms with Crippen molar-refractivity contribution in [2.45, 2.75) is 0 Å². The van der Waals surface area contributed by atoms with Gasteiger partial charge in [-0.15, -0.1) is 0 Å². The summed E-state index contributed by atoms with van der Waals surface area (Å²) in [7, 11) is 1.80. The van der Waals surface area contributed by atoms with Crippen LogP contribution in [-0.2, 0) is 4.79 Å². The first-order valence-electron chi connectivity index (χ1n) is 2.42. The van der Waals surface area contributed by atoms with Crippen molar-refractivity contribution in [3.8, 4) is 0 Å². The van der Waals surface area contributed by atoms with Crippen molar-refractivity contribution in [2.75, 3.05) is 20.1 Å². The Morgan fingerprint density at radius 3 is 2.88 bits per heavy atom. The standard InChI is InChI=1S/C4H11N3O/c1-6-2-3-7(5)4-8/h4,6H,2-3,5H2,1H3. The van der Waals surface area contributed by atoms with Crippen molar-refractivity contribution in [1.82, 2.24) is 10.3 Å². The summed E-state index contributed by atoms with van der Waals surface area (Å²) in [5, 5.41) is 3.95. The molecule has 3 N–H and O–H groups in total. The molecule has 0 saturated carbocycles. The fourth-order valence-corrected chi connectivity index (χ4v) is 0.294. The lowest BCUT2D eigenvalue weighted by Gasteiger charge is -2.07. The average molecular weight is 117 g/mol. The number of nitrogens with two attached hydrogens (primary N) is 1. The Balaban J connectivity index is 2.98. The molecule has 0 saturated heterocycles. The maximum Gasteiger partial charge on any atom is 0.223 e. The molecule has 0 rings (SSSR count). The zero-order valence-electron chi connectivity index (χ0n) is 4.92. The van der Waals surface area contributed by atoms with E-state index in [0.29, 0.717) is 13.0 Å². The minimum absolute atomic E-state index is 0.556. The molecule has 1 amide bonds. The van der Waals surface area contributed by atoms with Crippen LogP contribution in [-0.4, -0.2) is 31.6 Å². The van der Waals surface area contributed by atoms with E-state index in [0.717, 1.165) is 11.6 Å². The first-order valence-corrected chi connectivity index (χ1v) is 2.42. The summed E-state index contributed by atoms with van der Waals surface area (Å²) in [6.07, 6.45) is 0.595. The van der Waals surface area contributed by atoms with Crippen LogP contribution in [0.5, 0.6) is 0 Å². The highest BCUT2D eigenvalue weighted by Crippen LogP contribution is 1.63. The summed E-state index contributed by atoms with van der Waals surface area (Å²) < 4.78 is 0. The molecule has 0 aromatic carbocycles. The van der Waals surface area contributed by atoms with Gasteiger partial charge in [0.15, 0.2) is 0 Å². The van der Waals surface area contributed by atoms with E-state index >= 15 is 0 Å². The first kappa shape index (κ1) is 7.39. The Hall–Kier alpha value is -0.610. The van der Waals surface area contributed by atoms with Crippen LogP contribution in [0.15, 0.2) is 0 Å². The van der Waals surface area contributed by atoms with Crippen LogP contribution in [0.2, 0.25) is 0 Å². The molecule has 48 valence electrons. The molecule has 0 atom stereocenters. The predicted molar refractivity (Wildman–Crippen MR) is 30.9 cm³/mol. The van der Waals surface area contributed by atoms with Crippen LogP contribution in [0, 0.1) is 0 Å². The van der Waals surface area contributed by atoms with E-state index in [4.69, 9.17) is 5.84 Å². The number of rotatable bonds is 4. The maximum atomic E-state index is 9.78. The molecule has 0 spiro atoms. The van der Waals surface area contributed by atoms with E-state index in [9.17, 15) is 4.79 Å². The Bertz CT molecular complexity index is 66.3. The molecule has 0 radical (unpaired) electrons. The Labute approximate surface area is 48.6 Å². The van der Waals surface area contributed by atoms with Gasteiger partial charge in [0.05, 0.1) is 0 Å². The topological polar surface area (TPSA) is 58.4 Å². The smallest absolute Gasteiger partial charge is 0.223 e. The number of nitrogens with zero attached hydrogens (tertiary/aromatic N) is 1. The molecular formula is C4H11N3O. The first-order chi connectivity index (χ1) is 3.81. The fourth-order valence-electron chi connectivity index (χ4n) is 0.294. The molecule has 0 unspecified atom stereocenters. The van der Waals surface area contributed by atoms with E-state index in [1.807, 2.05) is 0 Å². The lowest BCUT2D eigenvalue weighted by Crippen LogP contribution is -2.35. The monoisotopic (exact) mass is 117 g/mol. The van der Waals surface area contributed by atoms with Crippen molar-refractivity contribution in [3.05, 3.63) is 0 Å². The third kappa shape index (κ3) is 3.58. The molecular weight excluding hydrogens is 106 g/mol. The number of likely N-dealkylation sites (N-methyl/N-ethyl adjacent to an activating group) is 1. The van der Waals surface area contributed by atoms with Crippen LogP contribution in [0.3, 0.4) is 0 Å². The second kappa shape index (κ2) is 4.55. The summed E-state index contributed by atoms with van der Waals surface area (Å²) >= 11 is 0. The molecule has 0 aromatic heterocycles. The highest BCUT2D eigenvalue weighted by atomic mass is 16.1. The van der Waals surface area contributed by atoms with E-state index in [1.165, 1.54) is 0 Å². The number of hydrogen-bond donors (Lipinski definition) is 2. The summed E-state index contributed by atoms with van der Waals surface area (Å²) in [6.45, 7) is 1.29. The number of hydrogen-bond acceptors (Lipinski definition) is 3. The van der Waals surface area contributed by atoms with Crippen LogP contribution in [0.1, 0.15) is 0 Å². The molecule has 0 aliphatic carbocycles. The maximum absolute atomic E-state index is 9.78. The molecule has 8 heavy (non-hydrogen) atoms. The Morgan fingerprint density at radius 1 is 1.88 bits per heavy atom. The highest BCUT2D eigenvalue weighted by Gasteiger charge is 1.88. The number of amides is 1. The normalized spacial score (nSPS) is 8.75. The summed E-state index contributed by atoms with van der Waals surface area (Å²) in [4.78, 5) is 9.78. The molecule has 0 fully saturated rings. The summed E-state index contributed by atoms with van der Waals surface area (Å²) in [5.41, 5.74) is 0. The minimum atomic E-state index is 0.556. The van der Waals surface area contributed by atoms with Crippen molar-refractivity contribution >= 4 is 6.41 Å². The van der Waals surface area contributed by atoms with Gasteiger partial charge in [-0.25, -0.2) is 5.84 Å². The van der Waals surface area contributed by atoms with Crippen molar-refractivity contribution in [3.63, 3.8) is 0 Å². The number of carbonyl (C=O) groups excluding carboxylic acids is 1. The van der Waals surface area contributed by atoms with E-state index in [2.05, 4.69) is 5.32 Å². The summed E-state index contributed by atoms with van der Waals surface area (Å²) in [6, 6.07) is 0. The third-order valence-electron chi connectivity index (χ3n) is 0.755. The molecule has 0 aromatic rings. The minimum Gasteiger partial charge on any atom is -0.318 e. The molecule has 0 bridgehead atoms. The lowest BCUT2D eigenvalue weighted by molar-refractivity contribution is -0.118. The number of carbonyl (C=O) groups is 1. The van der Waals surface area contributed by atoms with Gasteiger partial charge < -0.3 is 5.32 Å². The van der Waals surface area contributed by atoms with Crippen LogP contribution < -0.4 is 11.2 Å². The van der Waals surface area contributed by atoms with E-state index in [1.54, 1.807) is 7.05 Å². The van der Waals surface area contributed by atoms with Gasteiger partial charge in [-0.1, -0.05) is 0 Å². The van der Waals surface area contributed by atoms with Crippen LogP contribution >= 0.6 is 0 Å². The van der Waals surface area contributed by atoms with Crippen molar-refractivity contribution in [2.24, 2.45) is 5.84 Å². The molecule has 0 heterocycles. The zero-order chi connectivity index (χ0) is 6.41. The van der Waals surface area contributed by atoms with E-state index < -0.39 is 0 Å². The van der Waals surface area contributed by atoms with Gasteiger partial charge in [0.25, 0.3) is 0 Å². The Morgan fingerprint density at radius 2 is 2.50 bits per heavy atom. The van der Waals surface area contributed by atoms with Crippen LogP contribution in [0.4, 0.5) is 0 Å². The Kier molecular flexibility index (Phi) is 4.20. The van der Waals surface area contributed by atoms with Gasteiger partial charge in [0.1, 0.15) is 0 Å². The second-order valence-electron chi connectivity index (χ2n) is 1.45. The number of hydrazine groups is 1. The highest BCUT2D eigenvalue weighted by molar-refractivity contribution is 5.45. The largest absolute Gasteiger partial charge is 0.318 e. The molecule has 0 aliphatic heterocycles. The molecule has 4 nitrogen and oxygen atoms in total. The number of nitrogens with one attached hydrogen (secondary N) is 1. The zero-order valence-corrected chi connectivity index (χ0v) is 4.92. The van der Waals surface area contributed by atoms with Gasteiger partial charge in [-0.2, -0.15) is 0 Å². The second-order valence-corrected chi connectivity index (χ2v) is 1.45. The van der Waals surface area contributed by atoms with Crippen molar-refractivity contribution < 1.29 is 4.79 Å². The average Bonchev–Trinajstić information content (AvgIpc) is 1.83.